The molecule has 0 atom stereocenters. The van der Waals surface area contributed by atoms with E-state index in [1.165, 1.54) is 0 Å². The summed E-state index contributed by atoms with van der Waals surface area (Å²) in [7, 11) is 0. The van der Waals surface area contributed by atoms with Gasteiger partial charge in [0.15, 0.2) is 0 Å². The summed E-state index contributed by atoms with van der Waals surface area (Å²) < 4.78 is 0. The summed E-state index contributed by atoms with van der Waals surface area (Å²) >= 11 is 0. The van der Waals surface area contributed by atoms with Crippen molar-refractivity contribution in [2.24, 2.45) is 5.73 Å². The molecule has 0 fully saturated rings. The van der Waals surface area contributed by atoms with Gasteiger partial charge in [0.05, 0.1) is 6.54 Å². The van der Waals surface area contributed by atoms with Crippen LogP contribution in [0.4, 0.5) is 0 Å². The number of aliphatic carboxylic acids is 1. The van der Waals surface area contributed by atoms with Gasteiger partial charge >= 0.3 is 5.97 Å². The van der Waals surface area contributed by atoms with Gasteiger partial charge < -0.3 is 10.8 Å². The van der Waals surface area contributed by atoms with E-state index >= 15 is 0 Å². The molecule has 0 radical (unpaired) electrons. The van der Waals surface area contributed by atoms with Gasteiger partial charge in [0.1, 0.15) is 0 Å². The molecule has 3 N–H and O–H groups in total. The predicted octanol–water partition coefficient (Wildman–Crippen LogP) is 0.439. The van der Waals surface area contributed by atoms with Crippen LogP contribution in [0.5, 0.6) is 0 Å². The fraction of sp³-hybridized carbons (Fsp3) is 0.800. The van der Waals surface area contributed by atoms with Crippen molar-refractivity contribution in [2.75, 3.05) is 19.6 Å². The van der Waals surface area contributed by atoms with Crippen molar-refractivity contribution < 1.29 is 14.7 Å². The molecule has 88 valence electrons. The largest absolute Gasteiger partial charge is 0.481 e. The molecule has 0 unspecified atom stereocenters. The Hall–Kier alpha value is -1.10. The summed E-state index contributed by atoms with van der Waals surface area (Å²) in [5, 5.41) is 8.47. The van der Waals surface area contributed by atoms with Crippen molar-refractivity contribution in [2.45, 2.75) is 32.6 Å². The Morgan fingerprint density at radius 1 is 1.27 bits per heavy atom. The molecule has 0 aliphatic heterocycles. The third-order valence-electron chi connectivity index (χ3n) is 2.07. The molecule has 15 heavy (non-hydrogen) atoms. The van der Waals surface area contributed by atoms with Crippen LogP contribution in [0.25, 0.3) is 0 Å². The van der Waals surface area contributed by atoms with Crippen LogP contribution < -0.4 is 5.73 Å². The Morgan fingerprint density at radius 3 is 2.33 bits per heavy atom. The molecular weight excluding hydrogens is 196 g/mol. The number of nitrogens with zero attached hydrogens (tertiary/aromatic N) is 1. The number of nitrogens with two attached hydrogens (primary N) is 1. The normalized spacial score (nSPS) is 10.5. The van der Waals surface area contributed by atoms with Crippen LogP contribution in [0.15, 0.2) is 0 Å². The Kier molecular flexibility index (Phi) is 7.62. The summed E-state index contributed by atoms with van der Waals surface area (Å²) in [5.74, 6) is -1.16. The van der Waals surface area contributed by atoms with Crippen LogP contribution >= 0.6 is 0 Å². The van der Waals surface area contributed by atoms with Gasteiger partial charge in [0.25, 0.3) is 0 Å². The lowest BCUT2D eigenvalue weighted by Crippen LogP contribution is -2.35. The van der Waals surface area contributed by atoms with Crippen LogP contribution in [-0.2, 0) is 9.59 Å². The Morgan fingerprint density at radius 2 is 1.87 bits per heavy atom. The standard InChI is InChI=1S/C10H20N2O3/c1-2-3-6-12(8-9(11)13)7-4-5-10(14)15/h2-8H2,1H3,(H2,11,13)(H,14,15). The minimum absolute atomic E-state index is 0.140. The van der Waals surface area contributed by atoms with E-state index in [2.05, 4.69) is 6.92 Å². The monoisotopic (exact) mass is 216 g/mol. The topological polar surface area (TPSA) is 83.6 Å². The quantitative estimate of drug-likeness (QED) is 0.585. The first-order valence-electron chi connectivity index (χ1n) is 5.28. The maximum Gasteiger partial charge on any atom is 0.303 e. The second-order valence-corrected chi connectivity index (χ2v) is 3.59. The highest BCUT2D eigenvalue weighted by atomic mass is 16.4. The highest BCUT2D eigenvalue weighted by Crippen LogP contribution is 1.98. The third-order valence-corrected chi connectivity index (χ3v) is 2.07. The lowest BCUT2D eigenvalue weighted by atomic mass is 10.2. The average Bonchev–Trinajstić information content (AvgIpc) is 2.12. The number of amides is 1. The molecule has 0 aliphatic rings. The Balaban J connectivity index is 3.78. The molecule has 5 heteroatoms. The van der Waals surface area contributed by atoms with Gasteiger partial charge in [-0.25, -0.2) is 0 Å². The van der Waals surface area contributed by atoms with E-state index < -0.39 is 5.97 Å². The van der Waals surface area contributed by atoms with Crippen LogP contribution in [0.1, 0.15) is 32.6 Å². The smallest absolute Gasteiger partial charge is 0.303 e. The maximum absolute atomic E-state index is 10.7. The number of carboxylic acids is 1. The van der Waals surface area contributed by atoms with Crippen molar-refractivity contribution in [1.82, 2.24) is 4.90 Å². The van der Waals surface area contributed by atoms with Crippen molar-refractivity contribution in [1.29, 1.82) is 0 Å². The molecule has 0 rings (SSSR count). The first kappa shape index (κ1) is 13.9. The Bertz CT molecular complexity index is 207. The summed E-state index contributed by atoms with van der Waals surface area (Å²) in [4.78, 5) is 23.0. The minimum atomic E-state index is -0.801. The van der Waals surface area contributed by atoms with Gasteiger partial charge in [-0.05, 0) is 25.9 Å². The van der Waals surface area contributed by atoms with E-state index in [4.69, 9.17) is 10.8 Å². The van der Waals surface area contributed by atoms with Gasteiger partial charge in [-0.3, -0.25) is 14.5 Å². The van der Waals surface area contributed by atoms with E-state index in [9.17, 15) is 9.59 Å². The van der Waals surface area contributed by atoms with E-state index in [-0.39, 0.29) is 18.9 Å². The van der Waals surface area contributed by atoms with E-state index in [0.29, 0.717) is 13.0 Å². The van der Waals surface area contributed by atoms with E-state index in [1.807, 2.05) is 4.90 Å². The molecule has 0 saturated heterocycles. The lowest BCUT2D eigenvalue weighted by molar-refractivity contribution is -0.137. The van der Waals surface area contributed by atoms with Gasteiger partial charge in [-0.15, -0.1) is 0 Å². The zero-order valence-electron chi connectivity index (χ0n) is 9.24. The molecular formula is C10H20N2O3. The first-order chi connectivity index (χ1) is 7.06. The Labute approximate surface area is 90.2 Å². The predicted molar refractivity (Wildman–Crippen MR) is 57.4 cm³/mol. The molecule has 5 nitrogen and oxygen atoms in total. The molecule has 0 heterocycles. The number of unbranched alkanes of at least 4 members (excludes halogenated alkanes) is 1. The van der Waals surface area contributed by atoms with Crippen molar-refractivity contribution in [3.8, 4) is 0 Å². The minimum Gasteiger partial charge on any atom is -0.481 e. The molecule has 1 amide bonds. The molecule has 0 aromatic heterocycles. The zero-order valence-corrected chi connectivity index (χ0v) is 9.24. The molecule has 0 aromatic carbocycles. The van der Waals surface area contributed by atoms with Crippen LogP contribution in [-0.4, -0.2) is 41.5 Å². The summed E-state index contributed by atoms with van der Waals surface area (Å²) in [6.45, 7) is 3.72. The highest BCUT2D eigenvalue weighted by Gasteiger charge is 2.08. The molecule has 0 aromatic rings. The van der Waals surface area contributed by atoms with Crippen molar-refractivity contribution >= 4 is 11.9 Å². The second-order valence-electron chi connectivity index (χ2n) is 3.59. The number of carboxylic acid groups (broad SMARTS) is 1. The van der Waals surface area contributed by atoms with Gasteiger partial charge in [0.2, 0.25) is 5.91 Å². The maximum atomic E-state index is 10.7. The van der Waals surface area contributed by atoms with Crippen molar-refractivity contribution in [3.63, 3.8) is 0 Å². The molecule has 0 aliphatic carbocycles. The second kappa shape index (κ2) is 8.23. The lowest BCUT2D eigenvalue weighted by Gasteiger charge is -2.19. The number of rotatable bonds is 9. The number of carbonyl (C=O) groups is 2. The summed E-state index contributed by atoms with van der Waals surface area (Å²) in [6.07, 6.45) is 2.75. The van der Waals surface area contributed by atoms with Crippen LogP contribution in [0, 0.1) is 0 Å². The average molecular weight is 216 g/mol. The fourth-order valence-electron chi connectivity index (χ4n) is 1.33. The number of hydrogen-bond acceptors (Lipinski definition) is 3. The van der Waals surface area contributed by atoms with E-state index in [0.717, 1.165) is 19.4 Å². The first-order valence-corrected chi connectivity index (χ1v) is 5.28. The van der Waals surface area contributed by atoms with E-state index in [1.54, 1.807) is 0 Å². The van der Waals surface area contributed by atoms with Crippen LogP contribution in [0.3, 0.4) is 0 Å². The molecule has 0 saturated carbocycles. The van der Waals surface area contributed by atoms with Gasteiger partial charge in [-0.1, -0.05) is 13.3 Å². The fourth-order valence-corrected chi connectivity index (χ4v) is 1.33. The molecule has 0 spiro atoms. The SMILES string of the molecule is CCCCN(CCCC(=O)O)CC(N)=O. The van der Waals surface area contributed by atoms with Gasteiger partial charge in [0, 0.05) is 6.42 Å². The summed E-state index contributed by atoms with van der Waals surface area (Å²) in [6, 6.07) is 0. The highest BCUT2D eigenvalue weighted by molar-refractivity contribution is 5.75. The van der Waals surface area contributed by atoms with Gasteiger partial charge in [-0.2, -0.15) is 0 Å². The number of carbonyl (C=O) groups excluding carboxylic acids is 1. The third kappa shape index (κ3) is 9.21. The summed E-state index contributed by atoms with van der Waals surface area (Å²) in [5.41, 5.74) is 5.10. The van der Waals surface area contributed by atoms with Crippen molar-refractivity contribution in [3.05, 3.63) is 0 Å². The molecule has 0 bridgehead atoms. The number of hydrogen-bond donors (Lipinski definition) is 2. The zero-order chi connectivity index (χ0) is 11.7. The van der Waals surface area contributed by atoms with Crippen LogP contribution in [0.2, 0.25) is 0 Å². The number of primary amides is 1.